The smallest absolute Gasteiger partial charge is 0.255 e. The van der Waals surface area contributed by atoms with Gasteiger partial charge in [-0.05, 0) is 30.3 Å². The van der Waals surface area contributed by atoms with E-state index in [2.05, 4.69) is 25.6 Å². The molecule has 146 valence electrons. The number of anilines is 1. The summed E-state index contributed by atoms with van der Waals surface area (Å²) in [5, 5.41) is 6.12. The van der Waals surface area contributed by atoms with Crippen molar-refractivity contribution in [1.82, 2.24) is 20.3 Å². The monoisotopic (exact) mass is 385 g/mol. The molecule has 0 aliphatic carbocycles. The first-order chi connectivity index (χ1) is 13.6. The molecule has 4 rings (SSSR count). The molecule has 1 aromatic carbocycles. The maximum absolute atomic E-state index is 14.2. The Kier molecular flexibility index (Phi) is 5.04. The van der Waals surface area contributed by atoms with Crippen LogP contribution in [0.25, 0.3) is 22.3 Å². The Morgan fingerprint density at radius 2 is 2.00 bits per heavy atom. The molecule has 0 spiro atoms. The van der Waals surface area contributed by atoms with Crippen LogP contribution in [0.3, 0.4) is 0 Å². The highest BCUT2D eigenvalue weighted by Crippen LogP contribution is 2.32. The summed E-state index contributed by atoms with van der Waals surface area (Å²) in [7, 11) is 1.61. The number of hydrogen-bond acceptors (Lipinski definition) is 6. The lowest BCUT2D eigenvalue weighted by molar-refractivity contribution is -0.0728. The van der Waals surface area contributed by atoms with Crippen molar-refractivity contribution < 1.29 is 13.5 Å². The zero-order valence-electron chi connectivity index (χ0n) is 15.5. The topological polar surface area (TPSA) is 72.0 Å². The maximum atomic E-state index is 14.2. The molecule has 2 aromatic heterocycles. The zero-order valence-corrected chi connectivity index (χ0v) is 15.5. The molecular weight excluding hydrogens is 364 g/mol. The van der Waals surface area contributed by atoms with Gasteiger partial charge in [0.25, 0.3) is 5.92 Å². The minimum atomic E-state index is -2.70. The van der Waals surface area contributed by atoms with Crippen LogP contribution in [0.5, 0.6) is 5.75 Å². The number of hydrogen-bond donors (Lipinski definition) is 2. The van der Waals surface area contributed by atoms with E-state index in [4.69, 9.17) is 4.74 Å². The van der Waals surface area contributed by atoms with Gasteiger partial charge in [0, 0.05) is 44.0 Å². The largest absolute Gasteiger partial charge is 0.497 e. The first-order valence-corrected chi connectivity index (χ1v) is 9.15. The normalized spacial score (nSPS) is 18.8. The lowest BCUT2D eigenvalue weighted by atomic mass is 9.95. The van der Waals surface area contributed by atoms with Gasteiger partial charge in [0.15, 0.2) is 5.82 Å². The summed E-state index contributed by atoms with van der Waals surface area (Å²) in [5.74, 6) is -2.31. The van der Waals surface area contributed by atoms with E-state index in [9.17, 15) is 8.78 Å². The standard InChI is InChI=1S/C20H21F2N5O/c1-28-15-4-2-13(3-5-15)16-10-17-18(25-9-8-24-17)19(27-16)26-12-14-11-23-7-6-20(14,21)22/h2-5,8-10,14,23H,6-7,11-12H2,1H3,(H,26,27). The number of benzene rings is 1. The minimum Gasteiger partial charge on any atom is -0.497 e. The molecule has 28 heavy (non-hydrogen) atoms. The third-order valence-electron chi connectivity index (χ3n) is 4.98. The van der Waals surface area contributed by atoms with Crippen molar-refractivity contribution in [2.45, 2.75) is 12.3 Å². The van der Waals surface area contributed by atoms with Crippen LogP contribution in [0.4, 0.5) is 14.6 Å². The number of alkyl halides is 2. The molecule has 0 radical (unpaired) electrons. The van der Waals surface area contributed by atoms with E-state index in [1.54, 1.807) is 19.5 Å². The summed E-state index contributed by atoms with van der Waals surface area (Å²) in [4.78, 5) is 13.3. The van der Waals surface area contributed by atoms with Crippen molar-refractivity contribution in [3.05, 3.63) is 42.7 Å². The van der Waals surface area contributed by atoms with E-state index in [-0.39, 0.29) is 19.5 Å². The highest BCUT2D eigenvalue weighted by molar-refractivity contribution is 5.88. The molecule has 1 fully saturated rings. The Labute approximate surface area is 161 Å². The predicted molar refractivity (Wildman–Crippen MR) is 104 cm³/mol. The maximum Gasteiger partial charge on any atom is 0.255 e. The summed E-state index contributed by atoms with van der Waals surface area (Å²) in [6.07, 6.45) is 3.02. The van der Waals surface area contributed by atoms with Gasteiger partial charge >= 0.3 is 0 Å². The SMILES string of the molecule is COc1ccc(-c2cc3nccnc3c(NCC3CNCCC3(F)F)n2)cc1. The van der Waals surface area contributed by atoms with Crippen molar-refractivity contribution in [3.8, 4) is 17.0 Å². The second-order valence-electron chi connectivity index (χ2n) is 6.80. The molecule has 6 nitrogen and oxygen atoms in total. The average molecular weight is 385 g/mol. The quantitative estimate of drug-likeness (QED) is 0.702. The van der Waals surface area contributed by atoms with Gasteiger partial charge in [-0.3, -0.25) is 4.98 Å². The van der Waals surface area contributed by atoms with Gasteiger partial charge in [0.05, 0.1) is 24.2 Å². The first kappa shape index (κ1) is 18.5. The van der Waals surface area contributed by atoms with Crippen molar-refractivity contribution in [2.75, 3.05) is 32.1 Å². The molecule has 8 heteroatoms. The number of nitrogens with one attached hydrogen (secondary N) is 2. The fourth-order valence-corrected chi connectivity index (χ4v) is 3.33. The molecule has 0 amide bonds. The number of pyridine rings is 1. The van der Waals surface area contributed by atoms with Crippen LogP contribution in [0.2, 0.25) is 0 Å². The highest BCUT2D eigenvalue weighted by Gasteiger charge is 2.41. The number of methoxy groups -OCH3 is 1. The molecule has 1 aliphatic heterocycles. The first-order valence-electron chi connectivity index (χ1n) is 9.15. The molecule has 2 N–H and O–H groups in total. The molecular formula is C20H21F2N5O. The molecule has 1 atom stereocenters. The summed E-state index contributed by atoms with van der Waals surface area (Å²) in [6, 6.07) is 9.32. The van der Waals surface area contributed by atoms with Crippen LogP contribution in [0.15, 0.2) is 42.7 Å². The second kappa shape index (κ2) is 7.63. The van der Waals surface area contributed by atoms with E-state index in [1.165, 1.54) is 0 Å². The predicted octanol–water partition coefficient (Wildman–Crippen LogP) is 3.36. The molecule has 3 aromatic rings. The van der Waals surface area contributed by atoms with Gasteiger partial charge in [-0.1, -0.05) is 0 Å². The van der Waals surface area contributed by atoms with Crippen LogP contribution in [-0.4, -0.2) is 47.6 Å². The number of rotatable bonds is 5. The van der Waals surface area contributed by atoms with E-state index < -0.39 is 11.8 Å². The Bertz CT molecular complexity index is 964. The van der Waals surface area contributed by atoms with Gasteiger partial charge in [-0.25, -0.2) is 18.7 Å². The number of aromatic nitrogens is 3. The van der Waals surface area contributed by atoms with Crippen molar-refractivity contribution in [2.24, 2.45) is 5.92 Å². The molecule has 1 aliphatic rings. The third kappa shape index (κ3) is 3.73. The van der Waals surface area contributed by atoms with E-state index in [0.717, 1.165) is 11.3 Å². The Balaban J connectivity index is 1.66. The van der Waals surface area contributed by atoms with Gasteiger partial charge in [-0.15, -0.1) is 0 Å². The van der Waals surface area contributed by atoms with Crippen LogP contribution < -0.4 is 15.4 Å². The molecule has 0 saturated carbocycles. The molecule has 3 heterocycles. The average Bonchev–Trinajstić information content (AvgIpc) is 2.72. The van der Waals surface area contributed by atoms with Crippen molar-refractivity contribution in [1.29, 1.82) is 0 Å². The van der Waals surface area contributed by atoms with Gasteiger partial charge in [-0.2, -0.15) is 0 Å². The van der Waals surface area contributed by atoms with Crippen LogP contribution >= 0.6 is 0 Å². The van der Waals surface area contributed by atoms with Crippen LogP contribution in [-0.2, 0) is 0 Å². The molecule has 1 saturated heterocycles. The minimum absolute atomic E-state index is 0.102. The van der Waals surface area contributed by atoms with Crippen molar-refractivity contribution in [3.63, 3.8) is 0 Å². The summed E-state index contributed by atoms with van der Waals surface area (Å²) < 4.78 is 33.5. The number of fused-ring (bicyclic) bond motifs is 1. The van der Waals surface area contributed by atoms with E-state index in [0.29, 0.717) is 29.1 Å². The highest BCUT2D eigenvalue weighted by atomic mass is 19.3. The summed E-state index contributed by atoms with van der Waals surface area (Å²) >= 11 is 0. The fourth-order valence-electron chi connectivity index (χ4n) is 3.33. The van der Waals surface area contributed by atoms with Gasteiger partial charge in [0.1, 0.15) is 11.3 Å². The lowest BCUT2D eigenvalue weighted by Crippen LogP contribution is -2.47. The third-order valence-corrected chi connectivity index (χ3v) is 4.98. The Morgan fingerprint density at radius 3 is 2.75 bits per heavy atom. The van der Waals surface area contributed by atoms with Crippen molar-refractivity contribution >= 4 is 16.9 Å². The number of nitrogens with zero attached hydrogens (tertiary/aromatic N) is 3. The van der Waals surface area contributed by atoms with E-state index >= 15 is 0 Å². The van der Waals surface area contributed by atoms with Gasteiger partial charge in [0.2, 0.25) is 0 Å². The van der Waals surface area contributed by atoms with E-state index in [1.807, 2.05) is 30.3 Å². The zero-order chi connectivity index (χ0) is 19.6. The second-order valence-corrected chi connectivity index (χ2v) is 6.80. The Hall–Kier alpha value is -2.87. The van der Waals surface area contributed by atoms with Crippen LogP contribution in [0.1, 0.15) is 6.42 Å². The molecule has 1 unspecified atom stereocenters. The fraction of sp³-hybridized carbons (Fsp3) is 0.350. The number of halogens is 2. The number of piperidine rings is 1. The van der Waals surface area contributed by atoms with Gasteiger partial charge < -0.3 is 15.4 Å². The summed E-state index contributed by atoms with van der Waals surface area (Å²) in [5.41, 5.74) is 2.78. The molecule has 0 bridgehead atoms. The summed E-state index contributed by atoms with van der Waals surface area (Å²) in [6.45, 7) is 0.704. The number of ether oxygens (including phenoxy) is 1. The van der Waals surface area contributed by atoms with Crippen LogP contribution in [0, 0.1) is 5.92 Å². The lowest BCUT2D eigenvalue weighted by Gasteiger charge is -2.32. The Morgan fingerprint density at radius 1 is 1.21 bits per heavy atom.